The first-order chi connectivity index (χ1) is 13.3. The summed E-state index contributed by atoms with van der Waals surface area (Å²) in [6.45, 7) is 3.08. The van der Waals surface area contributed by atoms with Crippen molar-refractivity contribution >= 4 is 46.4 Å². The van der Waals surface area contributed by atoms with Crippen molar-refractivity contribution in [1.29, 1.82) is 0 Å². The maximum atomic E-state index is 12.8. The highest BCUT2D eigenvalue weighted by molar-refractivity contribution is 6.39. The summed E-state index contributed by atoms with van der Waals surface area (Å²) in [5, 5.41) is 8.34. The minimum Gasteiger partial charge on any atom is -0.497 e. The predicted molar refractivity (Wildman–Crippen MR) is 108 cm³/mol. The average molecular weight is 424 g/mol. The third-order valence-electron chi connectivity index (χ3n) is 3.85. The van der Waals surface area contributed by atoms with Crippen molar-refractivity contribution in [2.24, 2.45) is 10.2 Å². The van der Waals surface area contributed by atoms with Gasteiger partial charge in [-0.3, -0.25) is 9.59 Å². The van der Waals surface area contributed by atoms with Crippen molar-refractivity contribution < 1.29 is 19.1 Å². The number of aryl methyl sites for hydroxylation is 1. The SMILES string of the molecule is COc1ccc(OC)c(N(Cl)C(=O)C(N=Nc2ccc(C)c(Cl)c2)C(C)=O)c1. The molecule has 0 heterocycles. The largest absolute Gasteiger partial charge is 0.497 e. The van der Waals surface area contributed by atoms with Gasteiger partial charge in [-0.1, -0.05) is 17.7 Å². The van der Waals surface area contributed by atoms with E-state index in [4.69, 9.17) is 32.9 Å². The standard InChI is InChI=1S/C19H19Cl2N3O4/c1-11-5-6-13(9-15(11)20)22-23-18(12(2)25)19(26)24(21)16-10-14(27-3)7-8-17(16)28-4/h5-10,18H,1-4H3. The minimum absolute atomic E-state index is 0.216. The lowest BCUT2D eigenvalue weighted by Crippen LogP contribution is -2.36. The normalized spacial score (nSPS) is 11.9. The second kappa shape index (κ2) is 9.52. The van der Waals surface area contributed by atoms with E-state index in [1.807, 2.05) is 6.92 Å². The van der Waals surface area contributed by atoms with Gasteiger partial charge in [-0.05, 0) is 43.7 Å². The maximum Gasteiger partial charge on any atom is 0.276 e. The van der Waals surface area contributed by atoms with Crippen LogP contribution in [0.3, 0.4) is 0 Å². The number of methoxy groups -OCH3 is 2. The number of rotatable bonds is 7. The van der Waals surface area contributed by atoms with E-state index in [1.165, 1.54) is 27.2 Å². The number of ketones is 1. The Labute approximate surface area is 173 Å². The molecular formula is C19H19Cl2N3O4. The Morgan fingerprint density at radius 3 is 2.39 bits per heavy atom. The van der Waals surface area contributed by atoms with Crippen LogP contribution < -0.4 is 13.9 Å². The Morgan fingerprint density at radius 1 is 1.11 bits per heavy atom. The molecule has 2 aromatic carbocycles. The highest BCUT2D eigenvalue weighted by Crippen LogP contribution is 2.34. The van der Waals surface area contributed by atoms with Crippen molar-refractivity contribution in [3.63, 3.8) is 0 Å². The molecule has 1 amide bonds. The van der Waals surface area contributed by atoms with Gasteiger partial charge in [-0.15, -0.1) is 0 Å². The molecule has 0 bridgehead atoms. The molecule has 28 heavy (non-hydrogen) atoms. The van der Waals surface area contributed by atoms with E-state index in [0.29, 0.717) is 22.2 Å². The van der Waals surface area contributed by atoms with Crippen LogP contribution in [-0.4, -0.2) is 32.0 Å². The van der Waals surface area contributed by atoms with Gasteiger partial charge in [0, 0.05) is 22.9 Å². The molecule has 0 aromatic heterocycles. The van der Waals surface area contributed by atoms with Crippen LogP contribution in [0.1, 0.15) is 12.5 Å². The first-order valence-corrected chi connectivity index (χ1v) is 8.89. The van der Waals surface area contributed by atoms with Gasteiger partial charge in [-0.2, -0.15) is 10.2 Å². The zero-order valence-electron chi connectivity index (χ0n) is 15.8. The molecule has 1 atom stereocenters. The van der Waals surface area contributed by atoms with E-state index in [2.05, 4.69) is 10.2 Å². The monoisotopic (exact) mass is 423 g/mol. The molecular weight excluding hydrogens is 405 g/mol. The van der Waals surface area contributed by atoms with Crippen LogP contribution in [0, 0.1) is 6.92 Å². The number of halogens is 2. The van der Waals surface area contributed by atoms with Crippen LogP contribution in [0.4, 0.5) is 11.4 Å². The van der Waals surface area contributed by atoms with E-state index in [-0.39, 0.29) is 5.69 Å². The molecule has 0 N–H and O–H groups in total. The van der Waals surface area contributed by atoms with Crippen molar-refractivity contribution in [1.82, 2.24) is 0 Å². The molecule has 0 saturated carbocycles. The van der Waals surface area contributed by atoms with Crippen LogP contribution in [-0.2, 0) is 9.59 Å². The van der Waals surface area contributed by atoms with E-state index in [9.17, 15) is 9.59 Å². The Bertz CT molecular complexity index is 918. The number of azo groups is 1. The predicted octanol–water partition coefficient (Wildman–Crippen LogP) is 4.89. The van der Waals surface area contributed by atoms with Gasteiger partial charge in [-0.25, -0.2) is 4.42 Å². The third kappa shape index (κ3) is 4.99. The fourth-order valence-corrected chi connectivity index (χ4v) is 2.65. The number of amides is 1. The fourth-order valence-electron chi connectivity index (χ4n) is 2.25. The molecule has 7 nitrogen and oxygen atoms in total. The van der Waals surface area contributed by atoms with Gasteiger partial charge in [0.15, 0.2) is 5.78 Å². The lowest BCUT2D eigenvalue weighted by molar-refractivity contribution is -0.126. The van der Waals surface area contributed by atoms with E-state index in [0.717, 1.165) is 9.98 Å². The van der Waals surface area contributed by atoms with E-state index in [1.54, 1.807) is 30.3 Å². The summed E-state index contributed by atoms with van der Waals surface area (Å²) in [4.78, 5) is 24.8. The summed E-state index contributed by atoms with van der Waals surface area (Å²) >= 11 is 12.3. The number of carbonyl (C=O) groups is 2. The van der Waals surface area contributed by atoms with Crippen LogP contribution in [0.15, 0.2) is 46.6 Å². The topological polar surface area (TPSA) is 80.6 Å². The first kappa shape index (κ1) is 21.7. The lowest BCUT2D eigenvalue weighted by atomic mass is 10.2. The number of Topliss-reactive ketones (excluding diaryl/α,β-unsaturated/α-hetero) is 1. The summed E-state index contributed by atoms with van der Waals surface area (Å²) in [6, 6.07) is 8.36. The van der Waals surface area contributed by atoms with E-state index >= 15 is 0 Å². The number of ether oxygens (including phenoxy) is 2. The summed E-state index contributed by atoms with van der Waals surface area (Å²) in [7, 11) is 2.91. The lowest BCUT2D eigenvalue weighted by Gasteiger charge is -2.19. The Kier molecular flexibility index (Phi) is 7.37. The quantitative estimate of drug-likeness (QED) is 0.360. The molecule has 148 valence electrons. The minimum atomic E-state index is -1.42. The molecule has 0 radical (unpaired) electrons. The van der Waals surface area contributed by atoms with Gasteiger partial charge in [0.25, 0.3) is 5.91 Å². The van der Waals surface area contributed by atoms with Crippen LogP contribution in [0.5, 0.6) is 11.5 Å². The van der Waals surface area contributed by atoms with Crippen LogP contribution in [0.25, 0.3) is 0 Å². The van der Waals surface area contributed by atoms with Crippen molar-refractivity contribution in [2.45, 2.75) is 19.9 Å². The van der Waals surface area contributed by atoms with Gasteiger partial charge in [0.05, 0.1) is 19.9 Å². The molecule has 0 aliphatic carbocycles. The fraction of sp³-hybridized carbons (Fsp3) is 0.263. The molecule has 0 saturated heterocycles. The number of nitrogens with zero attached hydrogens (tertiary/aromatic N) is 3. The smallest absolute Gasteiger partial charge is 0.276 e. The van der Waals surface area contributed by atoms with Gasteiger partial charge >= 0.3 is 0 Å². The molecule has 0 spiro atoms. The van der Waals surface area contributed by atoms with Crippen LogP contribution in [0.2, 0.25) is 5.02 Å². The third-order valence-corrected chi connectivity index (χ3v) is 4.61. The molecule has 0 aliphatic rings. The Hall–Kier alpha value is -2.64. The first-order valence-electron chi connectivity index (χ1n) is 8.17. The van der Waals surface area contributed by atoms with Crippen molar-refractivity contribution in [3.05, 3.63) is 47.0 Å². The Balaban J connectivity index is 2.33. The maximum absolute atomic E-state index is 12.8. The van der Waals surface area contributed by atoms with Crippen molar-refractivity contribution in [2.75, 3.05) is 18.6 Å². The number of benzene rings is 2. The molecule has 2 aromatic rings. The number of hydrogen-bond acceptors (Lipinski definition) is 6. The number of hydrogen-bond donors (Lipinski definition) is 0. The second-order valence-electron chi connectivity index (χ2n) is 5.82. The average Bonchev–Trinajstić information content (AvgIpc) is 2.69. The summed E-state index contributed by atoms with van der Waals surface area (Å²) in [5.74, 6) is -0.500. The number of anilines is 1. The van der Waals surface area contributed by atoms with Crippen molar-refractivity contribution in [3.8, 4) is 11.5 Å². The number of carbonyl (C=O) groups excluding carboxylic acids is 2. The molecule has 0 aliphatic heterocycles. The molecule has 2 rings (SSSR count). The second-order valence-corrected chi connectivity index (χ2v) is 6.56. The Morgan fingerprint density at radius 2 is 1.82 bits per heavy atom. The van der Waals surface area contributed by atoms with E-state index < -0.39 is 17.7 Å². The molecule has 1 unspecified atom stereocenters. The van der Waals surface area contributed by atoms with Gasteiger partial charge < -0.3 is 9.47 Å². The highest BCUT2D eigenvalue weighted by Gasteiger charge is 2.30. The summed E-state index contributed by atoms with van der Waals surface area (Å²) in [6.07, 6.45) is 0. The zero-order valence-corrected chi connectivity index (χ0v) is 17.3. The zero-order chi connectivity index (χ0) is 20.8. The highest BCUT2D eigenvalue weighted by atomic mass is 35.5. The summed E-state index contributed by atoms with van der Waals surface area (Å²) < 4.78 is 11.1. The van der Waals surface area contributed by atoms with Gasteiger partial charge in [0.1, 0.15) is 17.2 Å². The molecule has 0 fully saturated rings. The molecule has 9 heteroatoms. The van der Waals surface area contributed by atoms with Crippen LogP contribution >= 0.6 is 23.4 Å². The summed E-state index contributed by atoms with van der Waals surface area (Å²) in [5.41, 5.74) is 1.50. The van der Waals surface area contributed by atoms with Gasteiger partial charge in [0.2, 0.25) is 6.04 Å².